The van der Waals surface area contributed by atoms with Crippen LogP contribution in [0.3, 0.4) is 0 Å². The molecule has 2 N–H and O–H groups in total. The average molecular weight is 331 g/mol. The van der Waals surface area contributed by atoms with Crippen molar-refractivity contribution >= 4 is 23.0 Å². The van der Waals surface area contributed by atoms with Gasteiger partial charge in [-0.25, -0.2) is 0 Å². The second kappa shape index (κ2) is 7.18. The van der Waals surface area contributed by atoms with Crippen molar-refractivity contribution in [2.45, 2.75) is 20.8 Å². The molecule has 4 heteroatoms. The molecule has 1 heterocycles. The molecular weight excluding hydrogens is 310 g/mol. The Hall–Kier alpha value is -3.14. The number of nitrogens with zero attached hydrogens (tertiary/aromatic N) is 1. The maximum atomic E-state index is 12.5. The van der Waals surface area contributed by atoms with Crippen LogP contribution in [0.25, 0.3) is 0 Å². The third kappa shape index (κ3) is 4.23. The third-order valence-electron chi connectivity index (χ3n) is 3.90. The van der Waals surface area contributed by atoms with Gasteiger partial charge in [0, 0.05) is 17.6 Å². The van der Waals surface area contributed by atoms with Crippen molar-refractivity contribution in [2.24, 2.45) is 0 Å². The first-order valence-corrected chi connectivity index (χ1v) is 8.18. The normalized spacial score (nSPS) is 10.4. The highest BCUT2D eigenvalue weighted by Gasteiger charge is 2.09. The van der Waals surface area contributed by atoms with Crippen LogP contribution in [0.2, 0.25) is 0 Å². The van der Waals surface area contributed by atoms with Crippen molar-refractivity contribution in [1.82, 2.24) is 4.98 Å². The van der Waals surface area contributed by atoms with E-state index in [0.29, 0.717) is 5.56 Å². The Kier molecular flexibility index (Phi) is 4.80. The van der Waals surface area contributed by atoms with Gasteiger partial charge < -0.3 is 10.6 Å². The number of pyridine rings is 1. The van der Waals surface area contributed by atoms with Gasteiger partial charge >= 0.3 is 0 Å². The van der Waals surface area contributed by atoms with Crippen molar-refractivity contribution in [1.29, 1.82) is 0 Å². The summed E-state index contributed by atoms with van der Waals surface area (Å²) in [6, 6.07) is 15.8. The van der Waals surface area contributed by atoms with Crippen LogP contribution in [0.1, 0.15) is 27.0 Å². The number of aromatic nitrogens is 1. The van der Waals surface area contributed by atoms with Crippen LogP contribution >= 0.6 is 0 Å². The summed E-state index contributed by atoms with van der Waals surface area (Å²) < 4.78 is 0. The number of rotatable bonds is 4. The SMILES string of the molecule is Cc1cc(C)cc(NC(=O)c2cncc(Nc3ccccc3C)c2)c1. The standard InChI is InChI=1S/C21H21N3O/c1-14-8-15(2)10-18(9-14)24-21(25)17-11-19(13-22-12-17)23-20-7-5-4-6-16(20)3/h4-13,23H,1-3H3,(H,24,25). The van der Waals surface area contributed by atoms with Crippen molar-refractivity contribution in [2.75, 3.05) is 10.6 Å². The van der Waals surface area contributed by atoms with E-state index < -0.39 is 0 Å². The van der Waals surface area contributed by atoms with E-state index in [1.807, 2.05) is 57.2 Å². The number of hydrogen-bond donors (Lipinski definition) is 2. The molecule has 3 rings (SSSR count). The van der Waals surface area contributed by atoms with Gasteiger partial charge in [-0.15, -0.1) is 0 Å². The first kappa shape index (κ1) is 16.7. The van der Waals surface area contributed by atoms with Gasteiger partial charge in [-0.2, -0.15) is 0 Å². The third-order valence-corrected chi connectivity index (χ3v) is 3.90. The van der Waals surface area contributed by atoms with E-state index in [2.05, 4.69) is 21.7 Å². The number of para-hydroxylation sites is 1. The molecule has 25 heavy (non-hydrogen) atoms. The van der Waals surface area contributed by atoms with Crippen molar-refractivity contribution in [3.63, 3.8) is 0 Å². The molecule has 0 saturated heterocycles. The maximum Gasteiger partial charge on any atom is 0.257 e. The van der Waals surface area contributed by atoms with Gasteiger partial charge in [0.2, 0.25) is 0 Å². The summed E-state index contributed by atoms with van der Waals surface area (Å²) in [5.41, 5.74) is 6.44. The molecule has 0 unspecified atom stereocenters. The Morgan fingerprint density at radius 3 is 2.32 bits per heavy atom. The van der Waals surface area contributed by atoms with Gasteiger partial charge in [0.25, 0.3) is 5.91 Å². The fourth-order valence-corrected chi connectivity index (χ4v) is 2.75. The van der Waals surface area contributed by atoms with E-state index in [9.17, 15) is 4.79 Å². The van der Waals surface area contributed by atoms with Gasteiger partial charge in [0.05, 0.1) is 17.4 Å². The first-order chi connectivity index (χ1) is 12.0. The second-order valence-corrected chi connectivity index (χ2v) is 6.23. The molecule has 1 amide bonds. The zero-order valence-electron chi connectivity index (χ0n) is 14.6. The molecule has 126 valence electrons. The molecule has 0 bridgehead atoms. The summed E-state index contributed by atoms with van der Waals surface area (Å²) in [4.78, 5) is 16.7. The molecule has 0 aliphatic rings. The molecular formula is C21H21N3O. The molecule has 0 spiro atoms. The van der Waals surface area contributed by atoms with Gasteiger partial charge in [-0.1, -0.05) is 24.3 Å². The van der Waals surface area contributed by atoms with E-state index in [4.69, 9.17) is 0 Å². The van der Waals surface area contributed by atoms with Crippen LogP contribution < -0.4 is 10.6 Å². The Balaban J connectivity index is 1.78. The highest BCUT2D eigenvalue weighted by atomic mass is 16.1. The Labute approximate surface area is 147 Å². The van der Waals surface area contributed by atoms with E-state index in [1.165, 1.54) is 0 Å². The van der Waals surface area contributed by atoms with Crippen LogP contribution in [0, 0.1) is 20.8 Å². The molecule has 0 fully saturated rings. The van der Waals surface area contributed by atoms with Crippen molar-refractivity contribution < 1.29 is 4.79 Å². The lowest BCUT2D eigenvalue weighted by Crippen LogP contribution is -2.12. The summed E-state index contributed by atoms with van der Waals surface area (Å²) in [5.74, 6) is -0.175. The molecule has 0 saturated carbocycles. The molecule has 0 atom stereocenters. The number of amides is 1. The fourth-order valence-electron chi connectivity index (χ4n) is 2.75. The van der Waals surface area contributed by atoms with E-state index in [1.54, 1.807) is 18.5 Å². The highest BCUT2D eigenvalue weighted by Crippen LogP contribution is 2.21. The average Bonchev–Trinajstić information content (AvgIpc) is 2.56. The summed E-state index contributed by atoms with van der Waals surface area (Å²) in [6.45, 7) is 6.06. The summed E-state index contributed by atoms with van der Waals surface area (Å²) in [6.07, 6.45) is 3.28. The number of nitrogens with one attached hydrogen (secondary N) is 2. The minimum Gasteiger partial charge on any atom is -0.354 e. The lowest BCUT2D eigenvalue weighted by atomic mass is 10.1. The lowest BCUT2D eigenvalue weighted by Gasteiger charge is -2.11. The summed E-state index contributed by atoms with van der Waals surface area (Å²) >= 11 is 0. The van der Waals surface area contributed by atoms with Crippen LogP contribution in [-0.2, 0) is 0 Å². The van der Waals surface area contributed by atoms with Crippen molar-refractivity contribution in [3.8, 4) is 0 Å². The Morgan fingerprint density at radius 1 is 0.880 bits per heavy atom. The minimum atomic E-state index is -0.175. The number of hydrogen-bond acceptors (Lipinski definition) is 3. The summed E-state index contributed by atoms with van der Waals surface area (Å²) in [7, 11) is 0. The summed E-state index contributed by atoms with van der Waals surface area (Å²) in [5, 5.41) is 6.24. The quantitative estimate of drug-likeness (QED) is 0.707. The highest BCUT2D eigenvalue weighted by molar-refractivity contribution is 6.04. The predicted molar refractivity (Wildman–Crippen MR) is 103 cm³/mol. The lowest BCUT2D eigenvalue weighted by molar-refractivity contribution is 0.102. The molecule has 0 radical (unpaired) electrons. The predicted octanol–water partition coefficient (Wildman–Crippen LogP) is 5.00. The zero-order valence-corrected chi connectivity index (χ0v) is 14.6. The largest absolute Gasteiger partial charge is 0.354 e. The molecule has 0 aliphatic carbocycles. The number of carbonyl (C=O) groups excluding carboxylic acids is 1. The number of anilines is 3. The monoisotopic (exact) mass is 331 g/mol. The maximum absolute atomic E-state index is 12.5. The number of benzene rings is 2. The minimum absolute atomic E-state index is 0.175. The van der Waals surface area contributed by atoms with E-state index in [0.717, 1.165) is 33.8 Å². The van der Waals surface area contributed by atoms with E-state index >= 15 is 0 Å². The van der Waals surface area contributed by atoms with Gasteiger partial charge in [0.15, 0.2) is 0 Å². The Morgan fingerprint density at radius 2 is 1.60 bits per heavy atom. The van der Waals surface area contributed by atoms with Crippen LogP contribution in [0.15, 0.2) is 60.9 Å². The Bertz CT molecular complexity index is 898. The molecule has 1 aromatic heterocycles. The van der Waals surface area contributed by atoms with Gasteiger partial charge in [-0.3, -0.25) is 9.78 Å². The second-order valence-electron chi connectivity index (χ2n) is 6.23. The smallest absolute Gasteiger partial charge is 0.257 e. The topological polar surface area (TPSA) is 54.0 Å². The molecule has 3 aromatic rings. The molecule has 2 aromatic carbocycles. The van der Waals surface area contributed by atoms with Gasteiger partial charge in [0.1, 0.15) is 0 Å². The first-order valence-electron chi connectivity index (χ1n) is 8.18. The van der Waals surface area contributed by atoms with E-state index in [-0.39, 0.29) is 5.91 Å². The number of aryl methyl sites for hydroxylation is 3. The van der Waals surface area contributed by atoms with Crippen LogP contribution in [0.5, 0.6) is 0 Å². The molecule has 4 nitrogen and oxygen atoms in total. The van der Waals surface area contributed by atoms with Crippen LogP contribution in [0.4, 0.5) is 17.1 Å². The fraction of sp³-hybridized carbons (Fsp3) is 0.143. The van der Waals surface area contributed by atoms with Gasteiger partial charge in [-0.05, 0) is 61.7 Å². The number of carbonyl (C=O) groups is 1. The zero-order chi connectivity index (χ0) is 17.8. The van der Waals surface area contributed by atoms with Crippen LogP contribution in [-0.4, -0.2) is 10.9 Å². The van der Waals surface area contributed by atoms with Crippen molar-refractivity contribution in [3.05, 3.63) is 83.2 Å². The molecule has 0 aliphatic heterocycles.